The van der Waals surface area contributed by atoms with Crippen LogP contribution in [0.3, 0.4) is 0 Å². The molecule has 21 heavy (non-hydrogen) atoms. The Labute approximate surface area is 132 Å². The van der Waals surface area contributed by atoms with Crippen LogP contribution in [0.5, 0.6) is 0 Å². The largest absolute Gasteiger partial charge is 0.384 e. The molecule has 1 aromatic heterocycles. The van der Waals surface area contributed by atoms with E-state index in [9.17, 15) is 0 Å². The van der Waals surface area contributed by atoms with Crippen LogP contribution in [-0.2, 0) is 6.54 Å². The maximum Gasteiger partial charge on any atom is 0.104 e. The maximum absolute atomic E-state index is 8.73. The molecule has 1 aliphatic rings. The van der Waals surface area contributed by atoms with Gasteiger partial charge in [-0.25, -0.2) is 0 Å². The molecular formula is C17H26N2OS. The molecule has 1 aliphatic heterocycles. The van der Waals surface area contributed by atoms with E-state index >= 15 is 0 Å². The Hall–Kier alpha value is -0.860. The summed E-state index contributed by atoms with van der Waals surface area (Å²) in [6.45, 7) is 9.15. The van der Waals surface area contributed by atoms with Gasteiger partial charge in [-0.2, -0.15) is 0 Å². The highest BCUT2D eigenvalue weighted by Crippen LogP contribution is 2.16. The third-order valence-corrected chi connectivity index (χ3v) is 4.89. The van der Waals surface area contributed by atoms with Crippen LogP contribution in [0, 0.1) is 11.8 Å². The summed E-state index contributed by atoms with van der Waals surface area (Å²) in [7, 11) is 0. The molecule has 1 N–H and O–H groups in total. The van der Waals surface area contributed by atoms with Gasteiger partial charge in [-0.15, -0.1) is 11.3 Å². The molecule has 2 heterocycles. The van der Waals surface area contributed by atoms with Crippen LogP contribution >= 0.6 is 11.3 Å². The molecule has 0 amide bonds. The molecule has 4 heteroatoms. The van der Waals surface area contributed by atoms with Crippen molar-refractivity contribution in [2.24, 2.45) is 0 Å². The van der Waals surface area contributed by atoms with Crippen molar-refractivity contribution in [1.29, 1.82) is 0 Å². The Morgan fingerprint density at radius 1 is 1.33 bits per heavy atom. The van der Waals surface area contributed by atoms with Gasteiger partial charge in [0.25, 0.3) is 0 Å². The highest BCUT2D eigenvalue weighted by atomic mass is 32.1. The Morgan fingerprint density at radius 2 is 2.14 bits per heavy atom. The lowest BCUT2D eigenvalue weighted by Crippen LogP contribution is -2.37. The first-order valence-corrected chi connectivity index (χ1v) is 8.81. The number of likely N-dealkylation sites (tertiary alicyclic amines) is 1. The zero-order valence-electron chi connectivity index (χ0n) is 13.0. The third-order valence-electron chi connectivity index (χ3n) is 3.97. The quantitative estimate of drug-likeness (QED) is 0.818. The number of piperidine rings is 1. The van der Waals surface area contributed by atoms with Gasteiger partial charge in [0, 0.05) is 35.5 Å². The number of hydrogen-bond acceptors (Lipinski definition) is 4. The third kappa shape index (κ3) is 5.80. The van der Waals surface area contributed by atoms with Crippen molar-refractivity contribution < 1.29 is 5.11 Å². The van der Waals surface area contributed by atoms with Crippen LogP contribution in [0.15, 0.2) is 11.4 Å². The zero-order valence-corrected chi connectivity index (χ0v) is 13.8. The lowest BCUT2D eigenvalue weighted by atomic mass is 10.1. The van der Waals surface area contributed by atoms with Gasteiger partial charge in [-0.05, 0) is 38.5 Å². The minimum absolute atomic E-state index is 0.0674. The van der Waals surface area contributed by atoms with Crippen LogP contribution < -0.4 is 0 Å². The molecular weight excluding hydrogens is 280 g/mol. The molecule has 2 rings (SSSR count). The first-order valence-electron chi connectivity index (χ1n) is 7.93. The summed E-state index contributed by atoms with van der Waals surface area (Å²) < 4.78 is 0. The van der Waals surface area contributed by atoms with Crippen molar-refractivity contribution in [2.45, 2.75) is 32.7 Å². The van der Waals surface area contributed by atoms with Gasteiger partial charge >= 0.3 is 0 Å². The average molecular weight is 306 g/mol. The van der Waals surface area contributed by atoms with Crippen molar-refractivity contribution in [3.8, 4) is 11.8 Å². The van der Waals surface area contributed by atoms with Gasteiger partial charge < -0.3 is 10.0 Å². The van der Waals surface area contributed by atoms with Crippen LogP contribution in [0.4, 0.5) is 0 Å². The second kappa shape index (κ2) is 9.22. The number of nitrogens with zero attached hydrogens (tertiary/aromatic N) is 2. The summed E-state index contributed by atoms with van der Waals surface area (Å²) in [5, 5.41) is 10.8. The van der Waals surface area contributed by atoms with Gasteiger partial charge in [0.05, 0.1) is 0 Å². The molecule has 0 atom stereocenters. The molecule has 1 saturated heterocycles. The second-order valence-corrected chi connectivity index (χ2v) is 6.53. The normalized spacial score (nSPS) is 16.0. The fourth-order valence-electron chi connectivity index (χ4n) is 2.71. The summed E-state index contributed by atoms with van der Waals surface area (Å²) in [6.07, 6.45) is 4.13. The van der Waals surface area contributed by atoms with Crippen molar-refractivity contribution in [3.05, 3.63) is 21.9 Å². The van der Waals surface area contributed by atoms with Gasteiger partial charge in [-0.1, -0.05) is 25.2 Å². The molecule has 116 valence electrons. The molecule has 0 bridgehead atoms. The van der Waals surface area contributed by atoms with Crippen molar-refractivity contribution in [1.82, 2.24) is 9.80 Å². The molecule has 1 aromatic rings. The predicted octanol–water partition coefficient (Wildman–Crippen LogP) is 2.40. The van der Waals surface area contributed by atoms with Gasteiger partial charge in [-0.3, -0.25) is 4.90 Å². The van der Waals surface area contributed by atoms with E-state index in [2.05, 4.69) is 40.0 Å². The van der Waals surface area contributed by atoms with E-state index in [-0.39, 0.29) is 6.61 Å². The molecule has 1 fully saturated rings. The van der Waals surface area contributed by atoms with Gasteiger partial charge in [0.15, 0.2) is 0 Å². The van der Waals surface area contributed by atoms with E-state index in [1.807, 2.05) is 0 Å². The highest BCUT2D eigenvalue weighted by Gasteiger charge is 2.12. The summed E-state index contributed by atoms with van der Waals surface area (Å²) >= 11 is 1.77. The zero-order chi connectivity index (χ0) is 14.9. The summed E-state index contributed by atoms with van der Waals surface area (Å²) in [5.74, 6) is 5.68. The lowest BCUT2D eigenvalue weighted by molar-refractivity contribution is 0.182. The van der Waals surface area contributed by atoms with Crippen molar-refractivity contribution in [3.63, 3.8) is 0 Å². The van der Waals surface area contributed by atoms with Crippen LogP contribution in [-0.4, -0.2) is 54.2 Å². The van der Waals surface area contributed by atoms with E-state index in [0.717, 1.165) is 25.2 Å². The molecule has 0 saturated carbocycles. The Bertz CT molecular complexity index is 469. The fraction of sp³-hybridized carbons (Fsp3) is 0.647. The second-order valence-electron chi connectivity index (χ2n) is 5.53. The molecule has 3 nitrogen and oxygen atoms in total. The first-order chi connectivity index (χ1) is 10.3. The van der Waals surface area contributed by atoms with Crippen LogP contribution in [0.1, 0.15) is 36.6 Å². The van der Waals surface area contributed by atoms with Crippen LogP contribution in [0.2, 0.25) is 0 Å². The first kappa shape index (κ1) is 16.5. The molecule has 0 spiro atoms. The van der Waals surface area contributed by atoms with E-state index in [1.165, 1.54) is 43.8 Å². The van der Waals surface area contributed by atoms with E-state index in [1.54, 1.807) is 11.3 Å². The number of aliphatic hydroxyl groups excluding tert-OH is 1. The molecule has 0 radical (unpaired) electrons. The topological polar surface area (TPSA) is 26.7 Å². The standard InChI is InChI=1S/C17H26N2OS/c1-2-18(10-11-19-8-4-3-5-9-19)14-17-13-16(15-21-17)7-6-12-20/h13,15,20H,2-5,8-12,14H2,1H3. The Balaban J connectivity index is 1.79. The number of aliphatic hydroxyl groups is 1. The lowest BCUT2D eigenvalue weighted by Gasteiger charge is -2.29. The van der Waals surface area contributed by atoms with Gasteiger partial charge in [0.1, 0.15) is 6.61 Å². The van der Waals surface area contributed by atoms with E-state index in [0.29, 0.717) is 0 Å². The molecule has 0 unspecified atom stereocenters. The number of rotatable bonds is 6. The maximum atomic E-state index is 8.73. The predicted molar refractivity (Wildman–Crippen MR) is 89.5 cm³/mol. The SMILES string of the molecule is CCN(CCN1CCCCC1)Cc1cc(C#CCO)cs1. The average Bonchev–Trinajstić information content (AvgIpc) is 2.98. The van der Waals surface area contributed by atoms with Crippen molar-refractivity contribution >= 4 is 11.3 Å². The van der Waals surface area contributed by atoms with Crippen molar-refractivity contribution in [2.75, 3.05) is 39.3 Å². The number of thiophene rings is 1. The number of hydrogen-bond donors (Lipinski definition) is 1. The fourth-order valence-corrected chi connectivity index (χ4v) is 3.56. The smallest absolute Gasteiger partial charge is 0.104 e. The highest BCUT2D eigenvalue weighted by molar-refractivity contribution is 7.10. The summed E-state index contributed by atoms with van der Waals surface area (Å²) in [5.41, 5.74) is 1.02. The Morgan fingerprint density at radius 3 is 2.86 bits per heavy atom. The minimum atomic E-state index is -0.0674. The number of likely N-dealkylation sites (N-methyl/N-ethyl adjacent to an activating group) is 1. The Kier molecular flexibility index (Phi) is 7.25. The minimum Gasteiger partial charge on any atom is -0.384 e. The van der Waals surface area contributed by atoms with E-state index < -0.39 is 0 Å². The molecule has 0 aromatic carbocycles. The summed E-state index contributed by atoms with van der Waals surface area (Å²) in [6, 6.07) is 2.15. The van der Waals surface area contributed by atoms with E-state index in [4.69, 9.17) is 5.11 Å². The molecule has 0 aliphatic carbocycles. The van der Waals surface area contributed by atoms with Gasteiger partial charge in [0.2, 0.25) is 0 Å². The van der Waals surface area contributed by atoms with Crippen LogP contribution in [0.25, 0.3) is 0 Å². The monoisotopic (exact) mass is 306 g/mol. The summed E-state index contributed by atoms with van der Waals surface area (Å²) in [4.78, 5) is 6.46.